The van der Waals surface area contributed by atoms with Gasteiger partial charge in [-0.1, -0.05) is 58.9 Å². The highest BCUT2D eigenvalue weighted by atomic mass is 15.0. The van der Waals surface area contributed by atoms with Crippen LogP contribution in [0.15, 0.2) is 24.3 Å². The van der Waals surface area contributed by atoms with Gasteiger partial charge in [-0.3, -0.25) is 0 Å². The van der Waals surface area contributed by atoms with E-state index in [-0.39, 0.29) is 5.41 Å². The monoisotopic (exact) mass is 286 g/mol. The Bertz CT molecular complexity index is 486. The van der Waals surface area contributed by atoms with E-state index in [9.17, 15) is 5.26 Å². The number of benzene rings is 1. The molecular weight excluding hydrogens is 256 g/mol. The van der Waals surface area contributed by atoms with Crippen LogP contribution in [0.25, 0.3) is 0 Å². The van der Waals surface area contributed by atoms with Gasteiger partial charge in [-0.05, 0) is 49.5 Å². The Labute approximate surface area is 130 Å². The van der Waals surface area contributed by atoms with E-state index in [2.05, 4.69) is 83.9 Å². The van der Waals surface area contributed by atoms with Gasteiger partial charge in [0, 0.05) is 0 Å². The van der Waals surface area contributed by atoms with Crippen molar-refractivity contribution < 1.29 is 0 Å². The van der Waals surface area contributed by atoms with Gasteiger partial charge in [0.1, 0.15) is 0 Å². The van der Waals surface area contributed by atoms with Crippen LogP contribution in [0.4, 0.5) is 0 Å². The third kappa shape index (κ3) is 4.08. The summed E-state index contributed by atoms with van der Waals surface area (Å²) in [6.07, 6.45) is 0.864. The van der Waals surface area contributed by atoms with Crippen molar-refractivity contribution >= 4 is 0 Å². The molecule has 0 saturated carbocycles. The molecular formula is C19H30N2. The summed E-state index contributed by atoms with van der Waals surface area (Å²) in [5.74, 6) is 0.294. The van der Waals surface area contributed by atoms with Crippen molar-refractivity contribution in [1.82, 2.24) is 4.90 Å². The van der Waals surface area contributed by atoms with Crippen LogP contribution < -0.4 is 0 Å². The maximum atomic E-state index is 9.87. The molecule has 0 bridgehead atoms. The van der Waals surface area contributed by atoms with Gasteiger partial charge in [0.05, 0.1) is 11.5 Å². The van der Waals surface area contributed by atoms with Crippen molar-refractivity contribution in [3.8, 4) is 6.07 Å². The molecule has 0 aliphatic heterocycles. The molecule has 0 fully saturated rings. The molecule has 0 aromatic heterocycles. The van der Waals surface area contributed by atoms with E-state index in [1.807, 2.05) is 0 Å². The van der Waals surface area contributed by atoms with Gasteiger partial charge in [0.25, 0.3) is 0 Å². The minimum Gasteiger partial charge on any atom is -0.309 e. The second kappa shape index (κ2) is 6.62. The Morgan fingerprint density at radius 2 is 1.52 bits per heavy atom. The van der Waals surface area contributed by atoms with E-state index in [1.54, 1.807) is 0 Å². The second-order valence-corrected chi connectivity index (χ2v) is 7.62. The standard InChI is InChI=1S/C19H30N2/c1-15(2)19(14-20,12-13-21(6)7)17-10-8-16(9-11-17)18(3,4)5/h8-11,15H,12-13H2,1-7H3. The molecule has 2 nitrogen and oxygen atoms in total. The molecule has 0 radical (unpaired) electrons. The first-order valence-corrected chi connectivity index (χ1v) is 7.80. The average molecular weight is 286 g/mol. The predicted molar refractivity (Wildman–Crippen MR) is 90.4 cm³/mol. The first kappa shape index (κ1) is 17.7. The van der Waals surface area contributed by atoms with E-state index in [4.69, 9.17) is 0 Å². The zero-order valence-corrected chi connectivity index (χ0v) is 14.7. The predicted octanol–water partition coefficient (Wildman–Crippen LogP) is 4.35. The fourth-order valence-electron chi connectivity index (χ4n) is 2.68. The smallest absolute Gasteiger partial charge is 0.0857 e. The van der Waals surface area contributed by atoms with Crippen LogP contribution in [0.1, 0.15) is 52.2 Å². The Hall–Kier alpha value is -1.33. The highest BCUT2D eigenvalue weighted by molar-refractivity contribution is 5.37. The fourth-order valence-corrected chi connectivity index (χ4v) is 2.68. The SMILES string of the molecule is CC(C)C(C#N)(CCN(C)C)c1ccc(C(C)(C)C)cc1. The third-order valence-electron chi connectivity index (χ3n) is 4.40. The molecule has 1 rings (SSSR count). The lowest BCUT2D eigenvalue weighted by Gasteiger charge is -2.33. The van der Waals surface area contributed by atoms with E-state index in [0.29, 0.717) is 5.92 Å². The van der Waals surface area contributed by atoms with Crippen molar-refractivity contribution in [3.63, 3.8) is 0 Å². The van der Waals surface area contributed by atoms with Crippen LogP contribution in [-0.2, 0) is 10.8 Å². The maximum absolute atomic E-state index is 9.87. The van der Waals surface area contributed by atoms with Crippen molar-refractivity contribution in [2.24, 2.45) is 5.92 Å². The van der Waals surface area contributed by atoms with Crippen LogP contribution in [0.2, 0.25) is 0 Å². The first-order valence-electron chi connectivity index (χ1n) is 7.80. The summed E-state index contributed by atoms with van der Waals surface area (Å²) >= 11 is 0. The third-order valence-corrected chi connectivity index (χ3v) is 4.40. The van der Waals surface area contributed by atoms with Crippen LogP contribution in [0.3, 0.4) is 0 Å². The van der Waals surface area contributed by atoms with Crippen molar-refractivity contribution in [2.45, 2.75) is 51.9 Å². The second-order valence-electron chi connectivity index (χ2n) is 7.62. The molecule has 0 amide bonds. The highest BCUT2D eigenvalue weighted by Gasteiger charge is 2.35. The van der Waals surface area contributed by atoms with Crippen molar-refractivity contribution in [2.75, 3.05) is 20.6 Å². The molecule has 0 N–H and O–H groups in total. The molecule has 0 saturated heterocycles. The van der Waals surface area contributed by atoms with Gasteiger partial charge in [0.2, 0.25) is 0 Å². The van der Waals surface area contributed by atoms with Gasteiger partial charge in [-0.25, -0.2) is 0 Å². The van der Waals surface area contributed by atoms with Crippen molar-refractivity contribution in [3.05, 3.63) is 35.4 Å². The van der Waals surface area contributed by atoms with E-state index in [1.165, 1.54) is 5.56 Å². The van der Waals surface area contributed by atoms with Crippen LogP contribution in [0.5, 0.6) is 0 Å². The largest absolute Gasteiger partial charge is 0.309 e. The fraction of sp³-hybridized carbons (Fsp3) is 0.632. The molecule has 1 aromatic rings. The van der Waals surface area contributed by atoms with Gasteiger partial charge in [0.15, 0.2) is 0 Å². The Balaban J connectivity index is 3.18. The lowest BCUT2D eigenvalue weighted by molar-refractivity contribution is 0.303. The average Bonchev–Trinajstić information content (AvgIpc) is 2.39. The summed E-state index contributed by atoms with van der Waals surface area (Å²) in [5, 5.41) is 9.87. The Morgan fingerprint density at radius 1 is 1.05 bits per heavy atom. The van der Waals surface area contributed by atoms with Gasteiger partial charge in [-0.2, -0.15) is 5.26 Å². The molecule has 0 aliphatic carbocycles. The summed E-state index contributed by atoms with van der Waals surface area (Å²) in [6.45, 7) is 11.9. The lowest BCUT2D eigenvalue weighted by atomic mass is 9.70. The number of hydrogen-bond donors (Lipinski definition) is 0. The molecule has 0 heterocycles. The van der Waals surface area contributed by atoms with Crippen LogP contribution >= 0.6 is 0 Å². The zero-order chi connectivity index (χ0) is 16.3. The Kier molecular flexibility index (Phi) is 5.59. The summed E-state index contributed by atoms with van der Waals surface area (Å²) in [4.78, 5) is 2.15. The molecule has 21 heavy (non-hydrogen) atoms. The molecule has 116 valence electrons. The molecule has 1 aromatic carbocycles. The molecule has 0 aliphatic rings. The molecule has 2 heteroatoms. The summed E-state index contributed by atoms with van der Waals surface area (Å²) < 4.78 is 0. The quantitative estimate of drug-likeness (QED) is 0.804. The number of rotatable bonds is 5. The normalized spacial score (nSPS) is 15.0. The van der Waals surface area contributed by atoms with E-state index < -0.39 is 5.41 Å². The number of nitrogens with zero attached hydrogens (tertiary/aromatic N) is 2. The maximum Gasteiger partial charge on any atom is 0.0857 e. The highest BCUT2D eigenvalue weighted by Crippen LogP contribution is 2.36. The molecule has 1 atom stereocenters. The minimum absolute atomic E-state index is 0.148. The number of hydrogen-bond acceptors (Lipinski definition) is 2. The van der Waals surface area contributed by atoms with Crippen LogP contribution in [-0.4, -0.2) is 25.5 Å². The molecule has 0 spiro atoms. The van der Waals surface area contributed by atoms with Gasteiger partial charge < -0.3 is 4.90 Å². The van der Waals surface area contributed by atoms with Crippen molar-refractivity contribution in [1.29, 1.82) is 5.26 Å². The van der Waals surface area contributed by atoms with Gasteiger partial charge >= 0.3 is 0 Å². The summed E-state index contributed by atoms with van der Waals surface area (Å²) in [7, 11) is 4.12. The lowest BCUT2D eigenvalue weighted by Crippen LogP contribution is -2.34. The van der Waals surface area contributed by atoms with E-state index in [0.717, 1.165) is 18.5 Å². The summed E-state index contributed by atoms with van der Waals surface area (Å²) in [5.41, 5.74) is 2.21. The topological polar surface area (TPSA) is 27.0 Å². The van der Waals surface area contributed by atoms with E-state index >= 15 is 0 Å². The van der Waals surface area contributed by atoms with Crippen LogP contribution in [0, 0.1) is 17.2 Å². The first-order chi connectivity index (χ1) is 9.63. The zero-order valence-electron chi connectivity index (χ0n) is 14.7. The summed E-state index contributed by atoms with van der Waals surface area (Å²) in [6, 6.07) is 11.3. The van der Waals surface area contributed by atoms with Gasteiger partial charge in [-0.15, -0.1) is 0 Å². The Morgan fingerprint density at radius 3 is 1.86 bits per heavy atom. The minimum atomic E-state index is -0.402. The number of nitriles is 1. The molecule has 1 unspecified atom stereocenters.